The highest BCUT2D eigenvalue weighted by Crippen LogP contribution is 2.61. The van der Waals surface area contributed by atoms with Crippen LogP contribution in [0.4, 0.5) is 0 Å². The molecule has 3 aromatic rings. The molecule has 3 fully saturated rings. The molecule has 4 aliphatic rings. The van der Waals surface area contributed by atoms with Crippen LogP contribution in [0.25, 0.3) is 0 Å². The molecule has 43 heavy (non-hydrogen) atoms. The molecule has 7 rings (SSSR count). The second-order valence-electron chi connectivity index (χ2n) is 12.0. The molecule has 0 aliphatic heterocycles. The van der Waals surface area contributed by atoms with Gasteiger partial charge >= 0.3 is 5.97 Å². The summed E-state index contributed by atoms with van der Waals surface area (Å²) in [5.74, 6) is -1.14. The van der Waals surface area contributed by atoms with E-state index >= 15 is 0 Å². The zero-order valence-electron chi connectivity index (χ0n) is 24.1. The first-order valence-corrected chi connectivity index (χ1v) is 15.1. The van der Waals surface area contributed by atoms with Crippen LogP contribution in [0.2, 0.25) is 0 Å². The van der Waals surface area contributed by atoms with Crippen molar-refractivity contribution in [1.82, 2.24) is 5.32 Å². The van der Waals surface area contributed by atoms with Crippen molar-refractivity contribution in [2.24, 2.45) is 11.3 Å². The second-order valence-corrected chi connectivity index (χ2v) is 12.0. The maximum Gasteiger partial charge on any atom is 0.337 e. The summed E-state index contributed by atoms with van der Waals surface area (Å²) in [6, 6.07) is 26.5. The number of aliphatic hydroxyl groups excluding tert-OH is 1. The molecule has 1 spiro atoms. The summed E-state index contributed by atoms with van der Waals surface area (Å²) in [6.07, 6.45) is 5.42. The molecule has 2 bridgehead atoms. The number of ketones is 1. The lowest BCUT2D eigenvalue weighted by Crippen LogP contribution is -2.65. The Kier molecular flexibility index (Phi) is 8.28. The SMILES string of the molecule is O=C(N[C@@H](c1ccccc1)[C@@H](O)C(=O)O[C@H]1C[C@]2(OCc3ccccc3)CC[C@H]1C[C@@]21CCC=CC1=O)c1ccccc1. The predicted octanol–water partition coefficient (Wildman–Crippen LogP) is 5.50. The van der Waals surface area contributed by atoms with Crippen molar-refractivity contribution in [2.45, 2.75) is 69.0 Å². The van der Waals surface area contributed by atoms with Crippen LogP contribution in [0.3, 0.4) is 0 Å². The molecule has 0 unspecified atom stereocenters. The molecule has 3 aromatic carbocycles. The van der Waals surface area contributed by atoms with E-state index in [0.29, 0.717) is 43.4 Å². The quantitative estimate of drug-likeness (QED) is 0.325. The molecule has 0 heterocycles. The summed E-state index contributed by atoms with van der Waals surface area (Å²) < 4.78 is 12.8. The zero-order chi connectivity index (χ0) is 29.9. The Hall–Kier alpha value is -4.07. The van der Waals surface area contributed by atoms with Gasteiger partial charge in [0.15, 0.2) is 11.9 Å². The summed E-state index contributed by atoms with van der Waals surface area (Å²) >= 11 is 0. The molecule has 7 nitrogen and oxygen atoms in total. The van der Waals surface area contributed by atoms with Gasteiger partial charge in [-0.15, -0.1) is 0 Å². The first kappa shape index (κ1) is 29.0. The fourth-order valence-electron chi connectivity index (χ4n) is 7.33. The second kappa shape index (κ2) is 12.3. The summed E-state index contributed by atoms with van der Waals surface area (Å²) in [7, 11) is 0. The van der Waals surface area contributed by atoms with E-state index in [-0.39, 0.29) is 11.7 Å². The van der Waals surface area contributed by atoms with Crippen LogP contribution >= 0.6 is 0 Å². The number of carbonyl (C=O) groups excluding carboxylic acids is 3. The topological polar surface area (TPSA) is 102 Å². The van der Waals surface area contributed by atoms with E-state index in [1.165, 1.54) is 0 Å². The highest BCUT2D eigenvalue weighted by atomic mass is 16.6. The summed E-state index contributed by atoms with van der Waals surface area (Å²) in [5, 5.41) is 14.2. The van der Waals surface area contributed by atoms with Gasteiger partial charge in [-0.1, -0.05) is 84.9 Å². The van der Waals surface area contributed by atoms with Gasteiger partial charge in [0.05, 0.1) is 23.7 Å². The number of hydrogen-bond acceptors (Lipinski definition) is 6. The Balaban J connectivity index is 1.23. The standard InChI is InChI=1S/C36H37NO6/c38-30-18-10-11-20-35(30)22-28-19-21-36(35,42-24-25-12-4-1-5-13-25)23-29(28)43-34(41)32(39)31(26-14-6-2-7-15-26)37-33(40)27-16-8-3-9-17-27/h1-10,12-18,28-29,31-32,39H,11,19-24H2,(H,37,40)/t28-,29-,31-,32+,35+,36+/m0/s1. The summed E-state index contributed by atoms with van der Waals surface area (Å²) in [4.78, 5) is 40.2. The first-order valence-electron chi connectivity index (χ1n) is 15.1. The number of nitrogens with one attached hydrogen (secondary N) is 1. The molecule has 0 radical (unpaired) electrons. The van der Waals surface area contributed by atoms with Crippen molar-refractivity contribution in [3.05, 3.63) is 120 Å². The molecule has 1 amide bonds. The fraction of sp³-hybridized carbons (Fsp3) is 0.361. The van der Waals surface area contributed by atoms with Crippen LogP contribution in [-0.4, -0.2) is 40.6 Å². The van der Waals surface area contributed by atoms with E-state index in [1.54, 1.807) is 54.6 Å². The van der Waals surface area contributed by atoms with Gasteiger partial charge in [0.2, 0.25) is 0 Å². The van der Waals surface area contributed by atoms with Gasteiger partial charge in [0.25, 0.3) is 5.91 Å². The minimum atomic E-state index is -1.63. The highest BCUT2D eigenvalue weighted by molar-refractivity contribution is 5.97. The number of carbonyl (C=O) groups is 3. The molecule has 0 saturated heterocycles. The average Bonchev–Trinajstić information content (AvgIpc) is 3.05. The predicted molar refractivity (Wildman–Crippen MR) is 161 cm³/mol. The fourth-order valence-corrected chi connectivity index (χ4v) is 7.33. The number of allylic oxidation sites excluding steroid dienone is 2. The Morgan fingerprint density at radius 1 is 0.907 bits per heavy atom. The highest BCUT2D eigenvalue weighted by Gasteiger charge is 2.65. The third kappa shape index (κ3) is 5.67. The van der Waals surface area contributed by atoms with Crippen LogP contribution in [0.15, 0.2) is 103 Å². The lowest BCUT2D eigenvalue weighted by atomic mass is 9.48. The van der Waals surface area contributed by atoms with Crippen molar-refractivity contribution >= 4 is 17.7 Å². The van der Waals surface area contributed by atoms with Crippen LogP contribution in [0.5, 0.6) is 0 Å². The number of amides is 1. The molecule has 3 saturated carbocycles. The third-order valence-electron chi connectivity index (χ3n) is 9.60. The Bertz CT molecular complexity index is 1480. The van der Waals surface area contributed by atoms with Gasteiger partial charge in [-0.2, -0.15) is 0 Å². The Morgan fingerprint density at radius 3 is 2.28 bits per heavy atom. The molecule has 222 valence electrons. The largest absolute Gasteiger partial charge is 0.460 e. The maximum absolute atomic E-state index is 13.6. The average molecular weight is 580 g/mol. The van der Waals surface area contributed by atoms with Gasteiger partial charge in [0, 0.05) is 12.0 Å². The number of aliphatic hydroxyl groups is 1. The summed E-state index contributed by atoms with van der Waals surface area (Å²) in [5.41, 5.74) is 0.583. The van der Waals surface area contributed by atoms with E-state index in [2.05, 4.69) is 5.32 Å². The molecule has 7 heteroatoms. The van der Waals surface area contributed by atoms with Gasteiger partial charge < -0.3 is 19.9 Å². The van der Waals surface area contributed by atoms with E-state index in [9.17, 15) is 19.5 Å². The molecular weight excluding hydrogens is 542 g/mol. The van der Waals surface area contributed by atoms with Gasteiger partial charge in [-0.3, -0.25) is 9.59 Å². The van der Waals surface area contributed by atoms with Crippen molar-refractivity contribution in [2.75, 3.05) is 0 Å². The number of benzene rings is 3. The normalized spacial score (nSPS) is 27.4. The van der Waals surface area contributed by atoms with Crippen molar-refractivity contribution in [3.63, 3.8) is 0 Å². The van der Waals surface area contributed by atoms with Gasteiger partial charge in [-0.05, 0) is 67.4 Å². The van der Waals surface area contributed by atoms with Crippen LogP contribution in [-0.2, 0) is 25.7 Å². The van der Waals surface area contributed by atoms with Crippen molar-refractivity contribution < 1.29 is 29.0 Å². The summed E-state index contributed by atoms with van der Waals surface area (Å²) in [6.45, 7) is 0.356. The van der Waals surface area contributed by atoms with Gasteiger partial charge in [0.1, 0.15) is 6.10 Å². The van der Waals surface area contributed by atoms with Crippen molar-refractivity contribution in [1.29, 1.82) is 0 Å². The Labute approximate surface area is 251 Å². The minimum absolute atomic E-state index is 0.0251. The van der Waals surface area contributed by atoms with E-state index < -0.39 is 41.1 Å². The first-order chi connectivity index (χ1) is 20.9. The molecule has 2 N–H and O–H groups in total. The minimum Gasteiger partial charge on any atom is -0.460 e. The monoisotopic (exact) mass is 579 g/mol. The molecule has 6 atom stereocenters. The number of fused-ring (bicyclic) bond motifs is 2. The van der Waals surface area contributed by atoms with Crippen molar-refractivity contribution in [3.8, 4) is 0 Å². The lowest BCUT2D eigenvalue weighted by molar-refractivity contribution is -0.238. The molecular formula is C36H37NO6. The smallest absolute Gasteiger partial charge is 0.337 e. The molecule has 0 aromatic heterocycles. The van der Waals surface area contributed by atoms with Crippen LogP contribution < -0.4 is 5.32 Å². The lowest BCUT2D eigenvalue weighted by Gasteiger charge is -2.61. The van der Waals surface area contributed by atoms with Gasteiger partial charge in [-0.25, -0.2) is 4.79 Å². The van der Waals surface area contributed by atoms with E-state index in [0.717, 1.165) is 18.4 Å². The number of esters is 1. The zero-order valence-corrected chi connectivity index (χ0v) is 24.1. The third-order valence-corrected chi connectivity index (χ3v) is 9.60. The number of rotatable bonds is 9. The number of ether oxygens (including phenoxy) is 2. The van der Waals surface area contributed by atoms with E-state index in [4.69, 9.17) is 9.47 Å². The van der Waals surface area contributed by atoms with E-state index in [1.807, 2.05) is 48.5 Å². The number of hydrogen-bond donors (Lipinski definition) is 2. The van der Waals surface area contributed by atoms with Crippen LogP contribution in [0, 0.1) is 11.3 Å². The Morgan fingerprint density at radius 2 is 1.58 bits per heavy atom. The molecule has 4 aliphatic carbocycles. The maximum atomic E-state index is 13.6. The van der Waals surface area contributed by atoms with Crippen LogP contribution in [0.1, 0.15) is 66.1 Å².